The number of carbonyl (C=O) groups is 1. The molecule has 6 nitrogen and oxygen atoms in total. The summed E-state index contributed by atoms with van der Waals surface area (Å²) in [5, 5.41) is 0. The number of nitrogens with two attached hydrogens (primary N) is 2. The minimum Gasteiger partial charge on any atom is -0.464 e. The SMILES string of the molecule is COC(=O)c1cccc(/N=C(/C(N)=C\N)C(F)(F)F)n1. The van der Waals surface area contributed by atoms with E-state index in [0.717, 1.165) is 7.11 Å². The van der Waals surface area contributed by atoms with Gasteiger partial charge in [0.25, 0.3) is 0 Å². The maximum atomic E-state index is 12.7. The van der Waals surface area contributed by atoms with Crippen LogP contribution < -0.4 is 11.5 Å². The number of aliphatic imine (C=N–C) groups is 1. The molecule has 9 heteroatoms. The molecule has 20 heavy (non-hydrogen) atoms. The van der Waals surface area contributed by atoms with Crippen LogP contribution in [-0.2, 0) is 4.74 Å². The van der Waals surface area contributed by atoms with Crippen LogP contribution in [0.5, 0.6) is 0 Å². The first-order valence-electron chi connectivity index (χ1n) is 5.18. The third kappa shape index (κ3) is 3.70. The molecule has 0 bridgehead atoms. The van der Waals surface area contributed by atoms with Crippen molar-refractivity contribution in [3.8, 4) is 0 Å². The first kappa shape index (κ1) is 15.5. The number of rotatable bonds is 3. The van der Waals surface area contributed by atoms with Gasteiger partial charge in [0.2, 0.25) is 0 Å². The summed E-state index contributed by atoms with van der Waals surface area (Å²) in [6.45, 7) is 0. The third-order valence-corrected chi connectivity index (χ3v) is 2.08. The van der Waals surface area contributed by atoms with Gasteiger partial charge in [0.1, 0.15) is 0 Å². The number of methoxy groups -OCH3 is 1. The van der Waals surface area contributed by atoms with Crippen molar-refractivity contribution in [1.29, 1.82) is 0 Å². The van der Waals surface area contributed by atoms with Crippen LogP contribution in [0.25, 0.3) is 0 Å². The molecular formula is C11H11F3N4O2. The first-order chi connectivity index (χ1) is 9.29. The van der Waals surface area contributed by atoms with Crippen molar-refractivity contribution in [2.75, 3.05) is 7.11 Å². The highest BCUT2D eigenvalue weighted by molar-refractivity contribution is 6.04. The fourth-order valence-electron chi connectivity index (χ4n) is 1.19. The van der Waals surface area contributed by atoms with Gasteiger partial charge >= 0.3 is 12.1 Å². The maximum Gasteiger partial charge on any atom is 0.435 e. The van der Waals surface area contributed by atoms with E-state index < -0.39 is 23.6 Å². The van der Waals surface area contributed by atoms with E-state index in [0.29, 0.717) is 6.20 Å². The zero-order valence-electron chi connectivity index (χ0n) is 10.3. The smallest absolute Gasteiger partial charge is 0.435 e. The lowest BCUT2D eigenvalue weighted by atomic mass is 10.2. The molecule has 0 saturated heterocycles. The number of halogens is 3. The Kier molecular flexibility index (Phi) is 4.68. The molecule has 4 N–H and O–H groups in total. The van der Waals surface area contributed by atoms with E-state index in [2.05, 4.69) is 14.7 Å². The minimum absolute atomic E-state index is 0.175. The lowest BCUT2D eigenvalue weighted by Gasteiger charge is -2.10. The predicted octanol–water partition coefficient (Wildman–Crippen LogP) is 1.26. The highest BCUT2D eigenvalue weighted by Gasteiger charge is 2.37. The third-order valence-electron chi connectivity index (χ3n) is 2.08. The normalized spacial score (nSPS) is 13.2. The zero-order chi connectivity index (χ0) is 15.3. The van der Waals surface area contributed by atoms with E-state index in [1.165, 1.54) is 18.2 Å². The van der Waals surface area contributed by atoms with Crippen molar-refractivity contribution < 1.29 is 22.7 Å². The molecule has 0 saturated carbocycles. The summed E-state index contributed by atoms with van der Waals surface area (Å²) in [7, 11) is 1.12. The largest absolute Gasteiger partial charge is 0.464 e. The minimum atomic E-state index is -4.80. The highest BCUT2D eigenvalue weighted by Crippen LogP contribution is 2.23. The van der Waals surface area contributed by atoms with Crippen LogP contribution in [0, 0.1) is 0 Å². The second-order valence-corrected chi connectivity index (χ2v) is 3.45. The van der Waals surface area contributed by atoms with Gasteiger partial charge in [-0.15, -0.1) is 0 Å². The molecule has 0 amide bonds. The molecular weight excluding hydrogens is 277 g/mol. The van der Waals surface area contributed by atoms with Gasteiger partial charge in [0, 0.05) is 6.20 Å². The Hall–Kier alpha value is -2.58. The lowest BCUT2D eigenvalue weighted by Crippen LogP contribution is -2.29. The number of aromatic nitrogens is 1. The summed E-state index contributed by atoms with van der Waals surface area (Å²) in [4.78, 5) is 18.1. The average Bonchev–Trinajstić information content (AvgIpc) is 2.42. The summed E-state index contributed by atoms with van der Waals surface area (Å²) in [5.74, 6) is -1.14. The average molecular weight is 288 g/mol. The van der Waals surface area contributed by atoms with Crippen LogP contribution in [0.3, 0.4) is 0 Å². The van der Waals surface area contributed by atoms with Gasteiger partial charge in [0.15, 0.2) is 17.2 Å². The quantitative estimate of drug-likeness (QED) is 0.643. The number of carbonyl (C=O) groups excluding carboxylic acids is 1. The van der Waals surface area contributed by atoms with E-state index in [1.54, 1.807) is 0 Å². The van der Waals surface area contributed by atoms with Gasteiger partial charge in [-0.05, 0) is 12.1 Å². The fraction of sp³-hybridized carbons (Fsp3) is 0.182. The zero-order valence-corrected chi connectivity index (χ0v) is 10.3. The van der Waals surface area contributed by atoms with Gasteiger partial charge < -0.3 is 16.2 Å². The Morgan fingerprint density at radius 3 is 2.60 bits per heavy atom. The number of alkyl halides is 3. The van der Waals surface area contributed by atoms with Gasteiger partial charge in [-0.3, -0.25) is 0 Å². The van der Waals surface area contributed by atoms with Gasteiger partial charge in [-0.25, -0.2) is 14.8 Å². The summed E-state index contributed by atoms with van der Waals surface area (Å²) in [6.07, 6.45) is -4.22. The molecule has 0 spiro atoms. The number of hydrogen-bond donors (Lipinski definition) is 2. The second-order valence-electron chi connectivity index (χ2n) is 3.45. The van der Waals surface area contributed by atoms with Crippen molar-refractivity contribution in [2.24, 2.45) is 16.5 Å². The number of pyridine rings is 1. The molecule has 0 aliphatic carbocycles. The van der Waals surface area contributed by atoms with E-state index in [1.807, 2.05) is 0 Å². The van der Waals surface area contributed by atoms with Crippen LogP contribution in [0.4, 0.5) is 19.0 Å². The standard InChI is InChI=1S/C11H11F3N4O2/c1-20-10(19)7-3-2-4-8(17-7)18-9(6(16)5-15)11(12,13)14/h2-5H,15-16H2,1H3/b6-5+,18-9-. The van der Waals surface area contributed by atoms with Gasteiger partial charge in [-0.1, -0.05) is 6.07 Å². The molecule has 0 atom stereocenters. The Morgan fingerprint density at radius 1 is 1.45 bits per heavy atom. The highest BCUT2D eigenvalue weighted by atomic mass is 19.4. The van der Waals surface area contributed by atoms with E-state index in [4.69, 9.17) is 11.5 Å². The van der Waals surface area contributed by atoms with Crippen molar-refractivity contribution in [1.82, 2.24) is 4.98 Å². The molecule has 1 aromatic rings. The molecule has 0 aliphatic rings. The van der Waals surface area contributed by atoms with Gasteiger partial charge in [0.05, 0.1) is 12.8 Å². The van der Waals surface area contributed by atoms with Crippen LogP contribution in [0.15, 0.2) is 35.1 Å². The fourth-order valence-corrected chi connectivity index (χ4v) is 1.19. The number of nitrogens with zero attached hydrogens (tertiary/aromatic N) is 2. The predicted molar refractivity (Wildman–Crippen MR) is 65.2 cm³/mol. The van der Waals surface area contributed by atoms with Gasteiger partial charge in [-0.2, -0.15) is 13.2 Å². The van der Waals surface area contributed by atoms with Crippen LogP contribution in [0.2, 0.25) is 0 Å². The first-order valence-corrected chi connectivity index (χ1v) is 5.18. The Morgan fingerprint density at radius 2 is 2.10 bits per heavy atom. The van der Waals surface area contributed by atoms with Crippen molar-refractivity contribution >= 4 is 17.5 Å². The summed E-state index contributed by atoms with van der Waals surface area (Å²) in [6, 6.07) is 3.77. The molecule has 0 fully saturated rings. The van der Waals surface area contributed by atoms with E-state index >= 15 is 0 Å². The van der Waals surface area contributed by atoms with Crippen molar-refractivity contribution in [3.63, 3.8) is 0 Å². The summed E-state index contributed by atoms with van der Waals surface area (Å²) < 4.78 is 42.6. The number of esters is 1. The number of ether oxygens (including phenoxy) is 1. The van der Waals surface area contributed by atoms with Crippen LogP contribution in [0.1, 0.15) is 10.5 Å². The molecule has 108 valence electrons. The van der Waals surface area contributed by atoms with E-state index in [9.17, 15) is 18.0 Å². The molecule has 0 radical (unpaired) electrons. The molecule has 0 aromatic carbocycles. The second kappa shape index (κ2) is 6.04. The van der Waals surface area contributed by atoms with E-state index in [-0.39, 0.29) is 11.5 Å². The Balaban J connectivity index is 3.29. The summed E-state index contributed by atoms with van der Waals surface area (Å²) in [5.41, 5.74) is 7.78. The molecule has 1 aromatic heterocycles. The molecule has 1 rings (SSSR count). The maximum absolute atomic E-state index is 12.7. The number of hydrogen-bond acceptors (Lipinski definition) is 6. The lowest BCUT2D eigenvalue weighted by molar-refractivity contribution is -0.0582. The monoisotopic (exact) mass is 288 g/mol. The Labute approximate surface area is 111 Å². The molecule has 0 unspecified atom stereocenters. The van der Waals surface area contributed by atoms with Crippen molar-refractivity contribution in [3.05, 3.63) is 35.8 Å². The number of allylic oxidation sites excluding steroid dienone is 1. The van der Waals surface area contributed by atoms with Crippen LogP contribution in [-0.4, -0.2) is 30.0 Å². The topological polar surface area (TPSA) is 104 Å². The Bertz CT molecular complexity index is 567. The van der Waals surface area contributed by atoms with Crippen molar-refractivity contribution in [2.45, 2.75) is 6.18 Å². The summed E-state index contributed by atoms with van der Waals surface area (Å²) >= 11 is 0. The molecule has 0 aliphatic heterocycles. The molecule has 1 heterocycles. The van der Waals surface area contributed by atoms with Crippen LogP contribution >= 0.6 is 0 Å².